The van der Waals surface area contributed by atoms with Gasteiger partial charge in [-0.15, -0.1) is 0 Å². The van der Waals surface area contributed by atoms with Gasteiger partial charge >= 0.3 is 0 Å². The van der Waals surface area contributed by atoms with E-state index in [0.717, 1.165) is 44.7 Å². The third kappa shape index (κ3) is 3.62. The molecule has 3 saturated heterocycles. The lowest BCUT2D eigenvalue weighted by Gasteiger charge is -2.27. The highest BCUT2D eigenvalue weighted by Crippen LogP contribution is 2.32. The van der Waals surface area contributed by atoms with Gasteiger partial charge in [-0.25, -0.2) is 18.3 Å². The standard InChI is InChI=1S/C21H24F2N8O2/c22-19(23)18-16(10-31(28-18)12-1-4-24-5-2-12)26-21(32)15-8-25-30-6-3-17(27-20(15)30)29-9-14-7-13(29)11-33-14/h3,6,8,10,12-14,19,24H,1-2,4-5,7,9,11H2,(H,26,32)/t13-,14-/m1/s1. The van der Waals surface area contributed by atoms with Crippen LogP contribution in [0.1, 0.15) is 47.8 Å². The first-order chi connectivity index (χ1) is 16.1. The number of hydrogen-bond donors (Lipinski definition) is 2. The van der Waals surface area contributed by atoms with Crippen LogP contribution in [0.3, 0.4) is 0 Å². The van der Waals surface area contributed by atoms with Crippen LogP contribution in [0, 0.1) is 0 Å². The molecule has 0 unspecified atom stereocenters. The lowest BCUT2D eigenvalue weighted by molar-refractivity contribution is 0.0988. The van der Waals surface area contributed by atoms with Crippen molar-refractivity contribution < 1.29 is 18.3 Å². The first-order valence-corrected chi connectivity index (χ1v) is 11.2. The number of piperidine rings is 1. The Hall–Kier alpha value is -3.12. The van der Waals surface area contributed by atoms with Crippen molar-refractivity contribution in [1.82, 2.24) is 29.7 Å². The molecule has 10 nitrogen and oxygen atoms in total. The molecule has 174 valence electrons. The Morgan fingerprint density at radius 3 is 2.85 bits per heavy atom. The van der Waals surface area contributed by atoms with E-state index < -0.39 is 18.0 Å². The molecule has 0 radical (unpaired) electrons. The summed E-state index contributed by atoms with van der Waals surface area (Å²) in [6, 6.07) is 2.16. The molecule has 0 aliphatic carbocycles. The summed E-state index contributed by atoms with van der Waals surface area (Å²) in [5.41, 5.74) is 0.170. The van der Waals surface area contributed by atoms with Gasteiger partial charge in [0.05, 0.1) is 36.7 Å². The molecule has 6 rings (SSSR count). The SMILES string of the molecule is O=C(Nc1cn(C2CCNCC2)nc1C(F)F)c1cnn2ccc(N3C[C@H]4C[C@@H]3CO4)nc12. The summed E-state index contributed by atoms with van der Waals surface area (Å²) in [5, 5.41) is 14.2. The van der Waals surface area contributed by atoms with E-state index in [-0.39, 0.29) is 29.4 Å². The van der Waals surface area contributed by atoms with Gasteiger partial charge in [0, 0.05) is 18.9 Å². The van der Waals surface area contributed by atoms with Crippen molar-refractivity contribution in [3.05, 3.63) is 35.9 Å². The predicted octanol–water partition coefficient (Wildman–Crippen LogP) is 2.02. The van der Waals surface area contributed by atoms with Crippen molar-refractivity contribution in [2.24, 2.45) is 0 Å². The summed E-state index contributed by atoms with van der Waals surface area (Å²) >= 11 is 0. The summed E-state index contributed by atoms with van der Waals surface area (Å²) in [5.74, 6) is 0.201. The predicted molar refractivity (Wildman–Crippen MR) is 115 cm³/mol. The second-order valence-electron chi connectivity index (χ2n) is 8.75. The molecular formula is C21H24F2N8O2. The highest BCUT2D eigenvalue weighted by atomic mass is 19.3. The molecule has 0 aromatic carbocycles. The summed E-state index contributed by atoms with van der Waals surface area (Å²) < 4.78 is 36.1. The molecule has 2 N–H and O–H groups in total. The third-order valence-electron chi connectivity index (χ3n) is 6.69. The highest BCUT2D eigenvalue weighted by Gasteiger charge is 2.39. The Morgan fingerprint density at radius 1 is 1.27 bits per heavy atom. The molecular weight excluding hydrogens is 434 g/mol. The molecule has 1 amide bonds. The van der Waals surface area contributed by atoms with E-state index in [4.69, 9.17) is 4.74 Å². The Bertz CT molecular complexity index is 1190. The minimum atomic E-state index is -2.80. The van der Waals surface area contributed by atoms with E-state index >= 15 is 0 Å². The molecule has 3 aliphatic rings. The molecule has 3 fully saturated rings. The number of rotatable bonds is 5. The Labute approximate surface area is 187 Å². The monoisotopic (exact) mass is 458 g/mol. The van der Waals surface area contributed by atoms with Gasteiger partial charge in [0.15, 0.2) is 11.3 Å². The van der Waals surface area contributed by atoms with Crippen LogP contribution >= 0.6 is 0 Å². The molecule has 3 aliphatic heterocycles. The van der Waals surface area contributed by atoms with Gasteiger partial charge < -0.3 is 20.3 Å². The molecule has 12 heteroatoms. The minimum Gasteiger partial charge on any atom is -0.374 e. The fourth-order valence-corrected chi connectivity index (χ4v) is 4.97. The average molecular weight is 458 g/mol. The number of aromatic nitrogens is 5. The fourth-order valence-electron chi connectivity index (χ4n) is 4.97. The van der Waals surface area contributed by atoms with Crippen molar-refractivity contribution in [3.8, 4) is 0 Å². The minimum absolute atomic E-state index is 0.0121. The highest BCUT2D eigenvalue weighted by molar-refractivity contribution is 6.08. The fraction of sp³-hybridized carbons (Fsp3) is 0.524. The van der Waals surface area contributed by atoms with E-state index in [1.165, 1.54) is 16.9 Å². The van der Waals surface area contributed by atoms with E-state index in [9.17, 15) is 13.6 Å². The first-order valence-electron chi connectivity index (χ1n) is 11.2. The van der Waals surface area contributed by atoms with Gasteiger partial charge in [-0.1, -0.05) is 0 Å². The number of ether oxygens (including phenoxy) is 1. The zero-order valence-electron chi connectivity index (χ0n) is 17.8. The summed E-state index contributed by atoms with van der Waals surface area (Å²) in [4.78, 5) is 19.9. The lowest BCUT2D eigenvalue weighted by atomic mass is 10.1. The average Bonchev–Trinajstić information content (AvgIpc) is 3.61. The molecule has 0 spiro atoms. The number of nitrogens with one attached hydrogen (secondary N) is 2. The van der Waals surface area contributed by atoms with Gasteiger partial charge in [-0.05, 0) is 38.4 Å². The number of alkyl halides is 2. The molecule has 3 aromatic heterocycles. The van der Waals surface area contributed by atoms with E-state index in [2.05, 4.69) is 30.7 Å². The van der Waals surface area contributed by atoms with E-state index in [1.807, 2.05) is 6.07 Å². The van der Waals surface area contributed by atoms with Crippen LogP contribution in [0.25, 0.3) is 5.65 Å². The van der Waals surface area contributed by atoms with Crippen molar-refractivity contribution >= 4 is 23.1 Å². The van der Waals surface area contributed by atoms with Gasteiger partial charge in [0.2, 0.25) is 0 Å². The molecule has 33 heavy (non-hydrogen) atoms. The maximum absolute atomic E-state index is 13.7. The zero-order valence-corrected chi connectivity index (χ0v) is 17.8. The third-order valence-corrected chi connectivity index (χ3v) is 6.69. The van der Waals surface area contributed by atoms with Crippen LogP contribution in [0.2, 0.25) is 0 Å². The van der Waals surface area contributed by atoms with Crippen molar-refractivity contribution in [1.29, 1.82) is 0 Å². The van der Waals surface area contributed by atoms with Crippen molar-refractivity contribution in [3.63, 3.8) is 0 Å². The van der Waals surface area contributed by atoms with Crippen LogP contribution in [0.5, 0.6) is 0 Å². The van der Waals surface area contributed by atoms with E-state index in [0.29, 0.717) is 12.3 Å². The van der Waals surface area contributed by atoms with Gasteiger partial charge in [-0.3, -0.25) is 9.48 Å². The normalized spacial score (nSPS) is 23.2. The van der Waals surface area contributed by atoms with Gasteiger partial charge in [0.1, 0.15) is 11.4 Å². The smallest absolute Gasteiger partial charge is 0.284 e. The zero-order chi connectivity index (χ0) is 22.5. The molecule has 3 aromatic rings. The van der Waals surface area contributed by atoms with Crippen LogP contribution in [0.15, 0.2) is 24.7 Å². The first kappa shape index (κ1) is 20.5. The second kappa shape index (κ2) is 8.03. The largest absolute Gasteiger partial charge is 0.374 e. The quantitative estimate of drug-likeness (QED) is 0.603. The lowest BCUT2D eigenvalue weighted by Crippen LogP contribution is -2.37. The Kier molecular flexibility index (Phi) is 4.98. The van der Waals surface area contributed by atoms with Crippen LogP contribution < -0.4 is 15.5 Å². The number of nitrogens with zero attached hydrogens (tertiary/aromatic N) is 6. The Morgan fingerprint density at radius 2 is 2.12 bits per heavy atom. The maximum atomic E-state index is 13.7. The second-order valence-corrected chi connectivity index (χ2v) is 8.75. The maximum Gasteiger partial charge on any atom is 0.284 e. The van der Waals surface area contributed by atoms with Crippen LogP contribution in [-0.2, 0) is 4.74 Å². The summed E-state index contributed by atoms with van der Waals surface area (Å²) in [7, 11) is 0. The number of anilines is 2. The Balaban J connectivity index is 1.28. The number of carbonyl (C=O) groups excluding carboxylic acids is 1. The molecule has 0 saturated carbocycles. The van der Waals surface area contributed by atoms with Gasteiger partial charge in [0.25, 0.3) is 12.3 Å². The number of amides is 1. The summed E-state index contributed by atoms with van der Waals surface area (Å²) in [6.45, 7) is 3.04. The van der Waals surface area contributed by atoms with Crippen molar-refractivity contribution in [2.45, 2.75) is 43.9 Å². The molecule has 2 bridgehead atoms. The number of carbonyl (C=O) groups is 1. The van der Waals surface area contributed by atoms with E-state index in [1.54, 1.807) is 10.9 Å². The van der Waals surface area contributed by atoms with Crippen LogP contribution in [0.4, 0.5) is 20.3 Å². The topological polar surface area (TPSA) is 102 Å². The van der Waals surface area contributed by atoms with Gasteiger partial charge in [-0.2, -0.15) is 10.2 Å². The number of morpholine rings is 1. The molecule has 6 heterocycles. The van der Waals surface area contributed by atoms with Crippen molar-refractivity contribution in [2.75, 3.05) is 36.5 Å². The number of hydrogen-bond acceptors (Lipinski definition) is 7. The number of halogens is 2. The van der Waals surface area contributed by atoms with Crippen LogP contribution in [-0.4, -0.2) is 68.7 Å². The summed E-state index contributed by atoms with van der Waals surface area (Å²) in [6.07, 6.45) is 4.62. The molecule has 2 atom stereocenters. The number of fused-ring (bicyclic) bond motifs is 3.